The molecular weight excluding hydrogens is 337 g/mol. The third-order valence-electron chi connectivity index (χ3n) is 0.549. The van der Waals surface area contributed by atoms with Gasteiger partial charge in [0.2, 0.25) is 0 Å². The first-order valence-electron chi connectivity index (χ1n) is 1.74. The zero-order valence-corrected chi connectivity index (χ0v) is 11.6. The first-order chi connectivity index (χ1) is 3.43. The maximum atomic E-state index is 3.77. The Kier molecular flexibility index (Phi) is 5.11. The number of aromatic nitrogens is 2. The van der Waals surface area contributed by atoms with E-state index in [2.05, 4.69) is 9.59 Å². The average Bonchev–Trinajstić information content (AvgIpc) is 2.14. The summed E-state index contributed by atoms with van der Waals surface area (Å²) in [6, 6.07) is 0. The molecule has 0 bridgehead atoms. The van der Waals surface area contributed by atoms with E-state index in [1.165, 1.54) is 11.5 Å². The van der Waals surface area contributed by atoms with Crippen LogP contribution in [0.1, 0.15) is 0 Å². The third kappa shape index (κ3) is 2.38. The molecule has 0 aromatic carbocycles. The topological polar surface area (TPSA) is 25.8 Å². The zero-order chi connectivity index (χ0) is 5.11. The quantitative estimate of drug-likeness (QED) is 0.533. The van der Waals surface area contributed by atoms with Gasteiger partial charge in [-0.3, -0.25) is 0 Å². The van der Waals surface area contributed by atoms with Crippen LogP contribution in [0.2, 0.25) is 0 Å². The van der Waals surface area contributed by atoms with Gasteiger partial charge in [-0.15, -0.1) is 16.9 Å². The van der Waals surface area contributed by atoms with Gasteiger partial charge in [-0.25, -0.2) is 0 Å². The Hall–Kier alpha value is 0.793. The Balaban J connectivity index is 0.000000490. The molecule has 1 heterocycles. The van der Waals surface area contributed by atoms with Crippen LogP contribution in [-0.4, -0.2) is 42.0 Å². The van der Waals surface area contributed by atoms with Gasteiger partial charge in [-0.1, -0.05) is 4.49 Å². The second-order valence-electron chi connectivity index (χ2n) is 0.947. The van der Waals surface area contributed by atoms with E-state index in [-0.39, 0.29) is 26.2 Å². The molecule has 46 valence electrons. The molecule has 5 heteroatoms. The molecule has 2 nitrogen and oxygen atoms in total. The van der Waals surface area contributed by atoms with Crippen molar-refractivity contribution >= 4 is 49.5 Å². The van der Waals surface area contributed by atoms with Crippen LogP contribution in [0.5, 0.6) is 0 Å². The summed E-state index contributed by atoms with van der Waals surface area (Å²) in [5, 5.41) is 6.69. The van der Waals surface area contributed by atoms with Crippen LogP contribution in [0, 0.1) is 0 Å². The summed E-state index contributed by atoms with van der Waals surface area (Å²) in [4.78, 5) is 0. The second kappa shape index (κ2) is 4.65. The van der Waals surface area contributed by atoms with Gasteiger partial charge < -0.3 is 0 Å². The Morgan fingerprint density at radius 2 is 2.50 bits per heavy atom. The average molecular weight is 344 g/mol. The van der Waals surface area contributed by atoms with Gasteiger partial charge in [-0.2, -0.15) is 0 Å². The monoisotopic (exact) mass is 344 g/mol. The molecule has 0 saturated carbocycles. The fourth-order valence-corrected chi connectivity index (χ4v) is 1.25. The summed E-state index contributed by atoms with van der Waals surface area (Å²) in [7, 11) is 0. The third-order valence-corrected chi connectivity index (χ3v) is 1.82. The molecular formula is C3H7BiN2S2. The van der Waals surface area contributed by atoms with Crippen molar-refractivity contribution in [1.29, 1.82) is 0 Å². The molecule has 0 radical (unpaired) electrons. The molecule has 1 aromatic rings. The minimum atomic E-state index is 0. The predicted molar refractivity (Wildman–Crippen MR) is 41.6 cm³/mol. The van der Waals surface area contributed by atoms with Gasteiger partial charge in [0.15, 0.2) is 0 Å². The second-order valence-corrected chi connectivity index (χ2v) is 2.38. The summed E-state index contributed by atoms with van der Waals surface area (Å²) >= 11 is 2.99. The zero-order valence-electron chi connectivity index (χ0n) is 4.50. The van der Waals surface area contributed by atoms with Crippen LogP contribution in [0.3, 0.4) is 0 Å². The van der Waals surface area contributed by atoms with Crippen LogP contribution in [-0.2, 0) is 0 Å². The molecule has 0 amide bonds. The van der Waals surface area contributed by atoms with Gasteiger partial charge in [0, 0.05) is 5.38 Å². The normalized spacial score (nSPS) is 8.12. The van der Waals surface area contributed by atoms with Gasteiger partial charge in [0.05, 0.1) is 0 Å². The molecule has 0 N–H and O–H groups in total. The van der Waals surface area contributed by atoms with Crippen LogP contribution in [0.4, 0.5) is 0 Å². The Labute approximate surface area is 75.4 Å². The summed E-state index contributed by atoms with van der Waals surface area (Å²) in [6.45, 7) is 0. The first-order valence-corrected chi connectivity index (χ1v) is 3.80. The van der Waals surface area contributed by atoms with E-state index in [4.69, 9.17) is 0 Å². The summed E-state index contributed by atoms with van der Waals surface area (Å²) < 4.78 is 3.66. The van der Waals surface area contributed by atoms with E-state index in [0.29, 0.717) is 0 Å². The van der Waals surface area contributed by atoms with E-state index < -0.39 is 0 Å². The van der Waals surface area contributed by atoms with E-state index >= 15 is 0 Å². The minimum absolute atomic E-state index is 0. The number of thioether (sulfide) groups is 1. The fraction of sp³-hybridized carbons (Fsp3) is 0.333. The molecule has 0 spiro atoms. The van der Waals surface area contributed by atoms with Crippen LogP contribution in [0.25, 0.3) is 0 Å². The van der Waals surface area contributed by atoms with Gasteiger partial charge >= 0.3 is 26.2 Å². The van der Waals surface area contributed by atoms with E-state index in [0.717, 1.165) is 5.03 Å². The van der Waals surface area contributed by atoms with Crippen LogP contribution in [0.15, 0.2) is 10.4 Å². The summed E-state index contributed by atoms with van der Waals surface area (Å²) in [5.41, 5.74) is 0. The number of hydrogen-bond acceptors (Lipinski definition) is 4. The van der Waals surface area contributed by atoms with Gasteiger partial charge in [0.25, 0.3) is 0 Å². The Morgan fingerprint density at radius 1 is 1.75 bits per heavy atom. The van der Waals surface area contributed by atoms with E-state index in [1.54, 1.807) is 11.8 Å². The maximum absolute atomic E-state index is 3.77. The number of rotatable bonds is 1. The molecule has 0 aliphatic carbocycles. The molecule has 1 rings (SSSR count). The van der Waals surface area contributed by atoms with Crippen molar-refractivity contribution < 1.29 is 0 Å². The summed E-state index contributed by atoms with van der Waals surface area (Å²) in [6.07, 6.45) is 1.98. The molecule has 0 unspecified atom stereocenters. The first kappa shape index (κ1) is 8.79. The Morgan fingerprint density at radius 3 is 2.75 bits per heavy atom. The molecule has 0 saturated heterocycles. The van der Waals surface area contributed by atoms with Crippen molar-refractivity contribution in [2.24, 2.45) is 0 Å². The van der Waals surface area contributed by atoms with Crippen molar-refractivity contribution in [2.75, 3.05) is 6.26 Å². The standard InChI is InChI=1S/C3H4N2S2.Bi.3H/c1-6-3-2-7-5-4-3;;;;/h2H,1H3;;;;. The number of hydrogen-bond donors (Lipinski definition) is 0. The fourth-order valence-electron chi connectivity index (χ4n) is 0.245. The molecule has 1 aromatic heterocycles. The van der Waals surface area contributed by atoms with Crippen molar-refractivity contribution in [1.82, 2.24) is 9.59 Å². The number of nitrogens with zero attached hydrogens (tertiary/aromatic N) is 2. The molecule has 0 aliphatic rings. The van der Waals surface area contributed by atoms with Crippen LogP contribution >= 0.6 is 23.3 Å². The summed E-state index contributed by atoms with van der Waals surface area (Å²) in [5.74, 6) is 0. The van der Waals surface area contributed by atoms with Crippen molar-refractivity contribution in [2.45, 2.75) is 5.03 Å². The molecule has 8 heavy (non-hydrogen) atoms. The Bertz CT molecular complexity index is 130. The van der Waals surface area contributed by atoms with Crippen LogP contribution < -0.4 is 0 Å². The van der Waals surface area contributed by atoms with Crippen molar-refractivity contribution in [3.05, 3.63) is 5.38 Å². The van der Waals surface area contributed by atoms with Gasteiger partial charge in [0.1, 0.15) is 5.03 Å². The van der Waals surface area contributed by atoms with Gasteiger partial charge in [-0.05, 0) is 17.8 Å². The molecule has 0 aliphatic heterocycles. The van der Waals surface area contributed by atoms with Crippen molar-refractivity contribution in [3.8, 4) is 0 Å². The van der Waals surface area contributed by atoms with Crippen molar-refractivity contribution in [3.63, 3.8) is 0 Å². The van der Waals surface area contributed by atoms with E-state index in [1.807, 2.05) is 11.6 Å². The van der Waals surface area contributed by atoms with E-state index in [9.17, 15) is 0 Å². The SMILES string of the molecule is CSc1csnn1.[BiH3]. The molecule has 0 fully saturated rings. The predicted octanol–water partition coefficient (Wildman–Crippen LogP) is 0.0761. The molecule has 0 atom stereocenters.